The molecule has 11 nitrogen and oxygen atoms in total. The number of anilines is 7. The third-order valence-corrected chi connectivity index (χ3v) is 11.4. The van der Waals surface area contributed by atoms with Gasteiger partial charge in [0.15, 0.2) is 0 Å². The minimum Gasteiger partial charge on any atom is -0.456 e. The number of hydrogen-bond acceptors (Lipinski definition) is 10. The maximum Gasteiger partial charge on any atom is 0.274 e. The Bertz CT molecular complexity index is 2390. The van der Waals surface area contributed by atoms with Crippen molar-refractivity contribution in [2.75, 3.05) is 52.0 Å². The van der Waals surface area contributed by atoms with Crippen molar-refractivity contribution < 1.29 is 9.53 Å². The number of aryl methyl sites for hydroxylation is 4. The van der Waals surface area contributed by atoms with Gasteiger partial charge in [-0.25, -0.2) is 5.01 Å². The van der Waals surface area contributed by atoms with Crippen molar-refractivity contribution in [1.29, 1.82) is 0 Å². The largest absolute Gasteiger partial charge is 0.456 e. The van der Waals surface area contributed by atoms with Crippen molar-refractivity contribution in [3.63, 3.8) is 0 Å². The van der Waals surface area contributed by atoms with Gasteiger partial charge in [-0.3, -0.25) is 10.2 Å². The fraction of sp³-hybridized carbons (Fsp3) is 0.277. The topological polar surface area (TPSA) is 111 Å². The summed E-state index contributed by atoms with van der Waals surface area (Å²) >= 11 is 0. The highest BCUT2D eigenvalue weighted by atomic mass is 16.5. The predicted octanol–water partition coefficient (Wildman–Crippen LogP) is 10.2. The van der Waals surface area contributed by atoms with Crippen molar-refractivity contribution in [2.24, 2.45) is 0 Å². The molecule has 2 aliphatic heterocycles. The number of fused-ring (bicyclic) bond motifs is 6. The van der Waals surface area contributed by atoms with E-state index >= 15 is 4.79 Å². The summed E-state index contributed by atoms with van der Waals surface area (Å²) in [6, 6.07) is 32.8. The van der Waals surface area contributed by atoms with Crippen molar-refractivity contribution in [2.45, 2.75) is 60.9 Å². The summed E-state index contributed by atoms with van der Waals surface area (Å²) < 4.78 is 6.90. The molecule has 1 amide bonds. The molecule has 3 N–H and O–H groups in total. The monoisotopic (exact) mass is 773 g/mol. The molecule has 1 aromatic heterocycles. The highest BCUT2D eigenvalue weighted by molar-refractivity contribution is 6.03. The summed E-state index contributed by atoms with van der Waals surface area (Å²) in [7, 11) is 0. The Morgan fingerprint density at radius 2 is 1.07 bits per heavy atom. The Kier molecular flexibility index (Phi) is 10.1. The zero-order valence-corrected chi connectivity index (χ0v) is 34.6. The van der Waals surface area contributed by atoms with Gasteiger partial charge in [-0.05, 0) is 96.8 Å². The standard InChI is InChI=1S/C47H51N9O2/c1-9-54(10-2)33-19-21-37-41(27-33)58-42-28-34(55(11-3)12-4)20-22-38(42)47(37)36-16-14-13-15-35(36)43(57)56(47)53-46-51-44(48-39-23-17-29(5)25-31(39)7)50-45(52-46)49-40-24-18-30(6)26-32(40)8/h13-28H,9-12H2,1-8H3,(H3,48,49,50,51,52,53). The van der Waals surface area contributed by atoms with Crippen molar-refractivity contribution in [3.8, 4) is 11.5 Å². The van der Waals surface area contributed by atoms with E-state index < -0.39 is 5.54 Å². The summed E-state index contributed by atoms with van der Waals surface area (Å²) in [6.45, 7) is 20.2. The van der Waals surface area contributed by atoms with E-state index in [1.165, 1.54) is 0 Å². The van der Waals surface area contributed by atoms with Crippen molar-refractivity contribution in [1.82, 2.24) is 20.0 Å². The summed E-state index contributed by atoms with van der Waals surface area (Å²) in [6.07, 6.45) is 0. The molecular weight excluding hydrogens is 723 g/mol. The molecule has 0 saturated heterocycles. The second kappa shape index (κ2) is 15.4. The van der Waals surface area contributed by atoms with E-state index in [9.17, 15) is 0 Å². The van der Waals surface area contributed by atoms with E-state index in [0.29, 0.717) is 29.0 Å². The van der Waals surface area contributed by atoms with Crippen LogP contribution >= 0.6 is 0 Å². The number of carbonyl (C=O) groups excluding carboxylic acids is 1. The maximum atomic E-state index is 15.0. The number of nitrogens with zero attached hydrogens (tertiary/aromatic N) is 6. The molecule has 8 rings (SSSR count). The quantitative estimate of drug-likeness (QED) is 0.111. The molecule has 0 unspecified atom stereocenters. The Balaban J connectivity index is 1.32. The lowest BCUT2D eigenvalue weighted by molar-refractivity contribution is 0.0722. The minimum atomic E-state index is -1.16. The molecule has 58 heavy (non-hydrogen) atoms. The zero-order valence-electron chi connectivity index (χ0n) is 34.6. The van der Waals surface area contributed by atoms with Gasteiger partial charge in [-0.2, -0.15) is 15.0 Å². The summed E-state index contributed by atoms with van der Waals surface area (Å²) in [5.74, 6) is 1.95. The Labute approximate surface area is 341 Å². The molecule has 0 aliphatic carbocycles. The van der Waals surface area contributed by atoms with Crippen molar-refractivity contribution in [3.05, 3.63) is 142 Å². The van der Waals surface area contributed by atoms with E-state index in [0.717, 1.165) is 87.9 Å². The first-order chi connectivity index (χ1) is 28.1. The number of carbonyl (C=O) groups is 1. The molecule has 5 aromatic carbocycles. The van der Waals surface area contributed by atoms with Crippen LogP contribution in [0, 0.1) is 27.7 Å². The minimum absolute atomic E-state index is 0.184. The van der Waals surface area contributed by atoms with Crippen LogP contribution < -0.4 is 30.6 Å². The van der Waals surface area contributed by atoms with Crippen LogP contribution in [-0.2, 0) is 5.54 Å². The normalized spacial score (nSPS) is 13.4. The van der Waals surface area contributed by atoms with E-state index in [1.54, 1.807) is 5.01 Å². The molecule has 2 aliphatic rings. The third kappa shape index (κ3) is 6.60. The Morgan fingerprint density at radius 1 is 0.586 bits per heavy atom. The van der Waals surface area contributed by atoms with Gasteiger partial charge in [0.05, 0.1) is 0 Å². The summed E-state index contributed by atoms with van der Waals surface area (Å²) in [5.41, 5.74) is 13.6. The summed E-state index contributed by atoms with van der Waals surface area (Å²) in [5, 5.41) is 8.54. The molecule has 3 heterocycles. The smallest absolute Gasteiger partial charge is 0.274 e. The van der Waals surface area contributed by atoms with Crippen LogP contribution in [0.5, 0.6) is 11.5 Å². The first kappa shape index (κ1) is 38.3. The molecule has 0 bridgehead atoms. The number of ether oxygens (including phenoxy) is 1. The van der Waals surface area contributed by atoms with Crippen LogP contribution in [0.25, 0.3) is 0 Å². The Morgan fingerprint density at radius 3 is 1.55 bits per heavy atom. The molecule has 0 fully saturated rings. The third-order valence-electron chi connectivity index (χ3n) is 11.4. The van der Waals surface area contributed by atoms with Gasteiger partial charge in [-0.15, -0.1) is 0 Å². The lowest BCUT2D eigenvalue weighted by Gasteiger charge is -2.44. The molecule has 1 spiro atoms. The predicted molar refractivity (Wildman–Crippen MR) is 234 cm³/mol. The highest BCUT2D eigenvalue weighted by Gasteiger charge is 2.57. The van der Waals surface area contributed by atoms with E-state index in [2.05, 4.69) is 116 Å². The molecule has 0 saturated carbocycles. The van der Waals surface area contributed by atoms with Crippen LogP contribution in [0.2, 0.25) is 0 Å². The zero-order chi connectivity index (χ0) is 40.7. The van der Waals surface area contributed by atoms with Crippen LogP contribution in [0.15, 0.2) is 97.1 Å². The van der Waals surface area contributed by atoms with Gasteiger partial charge >= 0.3 is 0 Å². The van der Waals surface area contributed by atoms with Gasteiger partial charge in [-0.1, -0.05) is 65.7 Å². The maximum absolute atomic E-state index is 15.0. The fourth-order valence-electron chi connectivity index (χ4n) is 8.45. The Hall–Kier alpha value is -6.62. The molecule has 0 atom stereocenters. The SMILES string of the molecule is CCN(CC)c1ccc2c(c1)Oc1cc(N(CC)CC)ccc1C21c2ccccc2C(=O)N1Nc1nc(Nc2ccc(C)cc2C)nc(Nc2ccc(C)cc2C)n1. The van der Waals surface area contributed by atoms with E-state index in [4.69, 9.17) is 19.7 Å². The van der Waals surface area contributed by atoms with Crippen LogP contribution in [0.4, 0.5) is 40.6 Å². The molecular formula is C47H51N9O2. The first-order valence-electron chi connectivity index (χ1n) is 20.2. The van der Waals surface area contributed by atoms with E-state index in [1.807, 2.05) is 62.4 Å². The molecule has 6 aromatic rings. The second-order valence-electron chi connectivity index (χ2n) is 15.0. The van der Waals surface area contributed by atoms with E-state index in [-0.39, 0.29) is 11.9 Å². The van der Waals surface area contributed by atoms with Gasteiger partial charge in [0.2, 0.25) is 17.8 Å². The number of rotatable bonds is 12. The molecule has 0 radical (unpaired) electrons. The summed E-state index contributed by atoms with van der Waals surface area (Å²) in [4.78, 5) is 34.3. The number of nitrogens with one attached hydrogen (secondary N) is 3. The lowest BCUT2D eigenvalue weighted by Crippen LogP contribution is -2.50. The number of hydrogen-bond donors (Lipinski definition) is 3. The number of benzene rings is 5. The highest BCUT2D eigenvalue weighted by Crippen LogP contribution is 2.58. The lowest BCUT2D eigenvalue weighted by atomic mass is 9.75. The average molecular weight is 774 g/mol. The van der Waals surface area contributed by atoms with Gasteiger partial charge in [0, 0.05) is 83.3 Å². The van der Waals surface area contributed by atoms with Crippen LogP contribution in [0.3, 0.4) is 0 Å². The molecule has 11 heteroatoms. The second-order valence-corrected chi connectivity index (χ2v) is 15.0. The van der Waals surface area contributed by atoms with Gasteiger partial charge in [0.25, 0.3) is 5.91 Å². The first-order valence-corrected chi connectivity index (χ1v) is 20.2. The van der Waals surface area contributed by atoms with Crippen LogP contribution in [-0.4, -0.2) is 52.0 Å². The number of aromatic nitrogens is 3. The number of hydrazine groups is 1. The average Bonchev–Trinajstić information content (AvgIpc) is 3.45. The van der Waals surface area contributed by atoms with Gasteiger partial charge < -0.3 is 25.2 Å². The fourth-order valence-corrected chi connectivity index (χ4v) is 8.45. The number of amides is 1. The van der Waals surface area contributed by atoms with Crippen LogP contribution in [0.1, 0.15) is 77.0 Å². The van der Waals surface area contributed by atoms with Gasteiger partial charge in [0.1, 0.15) is 17.0 Å². The molecule has 296 valence electrons. The van der Waals surface area contributed by atoms with Crippen molar-refractivity contribution >= 4 is 46.5 Å².